The first-order chi connectivity index (χ1) is 9.31. The largest absolute Gasteiger partial charge is 0.352 e. The van der Waals surface area contributed by atoms with E-state index in [0.29, 0.717) is 0 Å². The van der Waals surface area contributed by atoms with Gasteiger partial charge in [-0.25, -0.2) is 0 Å². The van der Waals surface area contributed by atoms with Crippen LogP contribution in [0, 0.1) is 0 Å². The summed E-state index contributed by atoms with van der Waals surface area (Å²) in [5, 5.41) is 3.32. The van der Waals surface area contributed by atoms with Crippen LogP contribution in [0.15, 0.2) is 65.0 Å². The van der Waals surface area contributed by atoms with Crippen molar-refractivity contribution in [3.63, 3.8) is 0 Å². The monoisotopic (exact) mass is 247 g/mol. The summed E-state index contributed by atoms with van der Waals surface area (Å²) in [6, 6.07) is 8.41. The van der Waals surface area contributed by atoms with Crippen LogP contribution in [0.1, 0.15) is 17.5 Å². The highest BCUT2D eigenvalue weighted by molar-refractivity contribution is 6.06. The number of benzene rings is 1. The van der Waals surface area contributed by atoms with Crippen LogP contribution in [0.4, 0.5) is 0 Å². The van der Waals surface area contributed by atoms with Gasteiger partial charge in [0.1, 0.15) is 0 Å². The number of rotatable bonds is 0. The Balaban J connectivity index is 1.82. The van der Waals surface area contributed by atoms with Gasteiger partial charge >= 0.3 is 0 Å². The topological polar surface area (TPSA) is 29.1 Å². The first-order valence-electron chi connectivity index (χ1n) is 6.53. The Morgan fingerprint density at radius 2 is 2.00 bits per heavy atom. The van der Waals surface area contributed by atoms with Gasteiger partial charge in [0.2, 0.25) is 5.78 Å². The van der Waals surface area contributed by atoms with Crippen molar-refractivity contribution in [3.8, 4) is 0 Å². The number of carbonyl (C=O) groups excluding carboxylic acids is 1. The van der Waals surface area contributed by atoms with Gasteiger partial charge in [-0.3, -0.25) is 4.79 Å². The predicted molar refractivity (Wildman–Crippen MR) is 75.1 cm³/mol. The molecule has 0 saturated carbocycles. The molecule has 2 nitrogen and oxygen atoms in total. The Kier molecular flexibility index (Phi) is 2.12. The van der Waals surface area contributed by atoms with Gasteiger partial charge in [-0.15, -0.1) is 0 Å². The third-order valence-electron chi connectivity index (χ3n) is 3.86. The number of ketones is 1. The van der Waals surface area contributed by atoms with Crippen LogP contribution in [-0.2, 0) is 11.2 Å². The van der Waals surface area contributed by atoms with Crippen molar-refractivity contribution in [2.75, 3.05) is 0 Å². The maximum atomic E-state index is 11.9. The van der Waals surface area contributed by atoms with Gasteiger partial charge in [-0.2, -0.15) is 0 Å². The number of allylic oxidation sites excluding steroid dienone is 5. The van der Waals surface area contributed by atoms with E-state index in [1.165, 1.54) is 16.7 Å². The van der Waals surface area contributed by atoms with Crippen molar-refractivity contribution in [3.05, 3.63) is 76.2 Å². The highest BCUT2D eigenvalue weighted by Crippen LogP contribution is 2.33. The average molecular weight is 247 g/mol. The number of dihydropyridines is 1. The molecule has 0 atom stereocenters. The molecule has 0 aromatic heterocycles. The number of nitrogens with one attached hydrogen (secondary N) is 1. The predicted octanol–water partition coefficient (Wildman–Crippen LogP) is 2.90. The lowest BCUT2D eigenvalue weighted by molar-refractivity contribution is -0.111. The lowest BCUT2D eigenvalue weighted by atomic mass is 9.86. The van der Waals surface area contributed by atoms with Crippen molar-refractivity contribution in [1.29, 1.82) is 0 Å². The minimum absolute atomic E-state index is 0.0799. The summed E-state index contributed by atoms with van der Waals surface area (Å²) in [5.74, 6) is 0.0799. The van der Waals surface area contributed by atoms with Crippen LogP contribution < -0.4 is 5.32 Å². The van der Waals surface area contributed by atoms with Gasteiger partial charge in [-0.05, 0) is 40.8 Å². The standard InChI is InChI=1S/C17H13NO/c19-16-7-3-6-13-9-14-8-11-4-1-2-5-12(11)10-15(14)18-17(13)16/h1-5,7,9-10,18H,6,8H2. The molecular formula is C17H13NO. The van der Waals surface area contributed by atoms with E-state index in [4.69, 9.17) is 0 Å². The first kappa shape index (κ1) is 10.6. The van der Waals surface area contributed by atoms with E-state index in [1.54, 1.807) is 6.08 Å². The van der Waals surface area contributed by atoms with Gasteiger partial charge in [0, 0.05) is 12.1 Å². The molecule has 1 aromatic carbocycles. The van der Waals surface area contributed by atoms with Crippen molar-refractivity contribution < 1.29 is 4.79 Å². The van der Waals surface area contributed by atoms with E-state index in [2.05, 4.69) is 35.7 Å². The van der Waals surface area contributed by atoms with Crippen LogP contribution >= 0.6 is 0 Å². The Morgan fingerprint density at radius 1 is 1.11 bits per heavy atom. The zero-order valence-corrected chi connectivity index (χ0v) is 10.4. The summed E-state index contributed by atoms with van der Waals surface area (Å²) in [7, 11) is 0. The molecule has 1 N–H and O–H groups in total. The lowest BCUT2D eigenvalue weighted by Crippen LogP contribution is -2.28. The second kappa shape index (κ2) is 3.82. The summed E-state index contributed by atoms with van der Waals surface area (Å²) in [6.07, 6.45) is 9.68. The molecule has 0 unspecified atom stereocenters. The summed E-state index contributed by atoms with van der Waals surface area (Å²) < 4.78 is 0. The van der Waals surface area contributed by atoms with Crippen LogP contribution in [0.3, 0.4) is 0 Å². The third kappa shape index (κ3) is 1.60. The smallest absolute Gasteiger partial charge is 0.201 e. The zero-order valence-electron chi connectivity index (χ0n) is 10.4. The highest BCUT2D eigenvalue weighted by Gasteiger charge is 2.25. The molecule has 0 saturated heterocycles. The molecule has 92 valence electrons. The second-order valence-electron chi connectivity index (χ2n) is 5.10. The first-order valence-corrected chi connectivity index (χ1v) is 6.53. The van der Waals surface area contributed by atoms with Crippen molar-refractivity contribution >= 4 is 11.9 Å². The summed E-state index contributed by atoms with van der Waals surface area (Å²) in [5.41, 5.74) is 6.79. The molecule has 0 fully saturated rings. The Labute approximate surface area is 111 Å². The fourth-order valence-corrected chi connectivity index (χ4v) is 2.88. The molecule has 0 bridgehead atoms. The van der Waals surface area contributed by atoms with Crippen LogP contribution in [0.25, 0.3) is 6.08 Å². The van der Waals surface area contributed by atoms with E-state index in [-0.39, 0.29) is 5.78 Å². The van der Waals surface area contributed by atoms with E-state index in [0.717, 1.165) is 29.8 Å². The number of carbonyl (C=O) groups is 1. The molecule has 1 aliphatic heterocycles. The molecular weight excluding hydrogens is 234 g/mol. The van der Waals surface area contributed by atoms with Crippen LogP contribution in [0.2, 0.25) is 0 Å². The molecule has 0 amide bonds. The van der Waals surface area contributed by atoms with E-state index in [9.17, 15) is 4.79 Å². The number of hydrogen-bond donors (Lipinski definition) is 1. The molecule has 2 aliphatic carbocycles. The van der Waals surface area contributed by atoms with E-state index < -0.39 is 0 Å². The van der Waals surface area contributed by atoms with Crippen molar-refractivity contribution in [1.82, 2.24) is 5.32 Å². The Hall–Kier alpha value is -2.35. The third-order valence-corrected chi connectivity index (χ3v) is 3.86. The average Bonchev–Trinajstić information content (AvgIpc) is 2.44. The molecule has 4 rings (SSSR count). The van der Waals surface area contributed by atoms with Gasteiger partial charge < -0.3 is 5.32 Å². The second-order valence-corrected chi connectivity index (χ2v) is 5.10. The van der Waals surface area contributed by atoms with Gasteiger partial charge in [-0.1, -0.05) is 36.4 Å². The Bertz CT molecular complexity index is 717. The van der Waals surface area contributed by atoms with Gasteiger partial charge in [0.25, 0.3) is 0 Å². The summed E-state index contributed by atoms with van der Waals surface area (Å²) in [4.78, 5) is 11.9. The molecule has 1 heterocycles. The minimum atomic E-state index is 0.0799. The fourth-order valence-electron chi connectivity index (χ4n) is 2.88. The van der Waals surface area contributed by atoms with E-state index in [1.807, 2.05) is 12.1 Å². The summed E-state index contributed by atoms with van der Waals surface area (Å²) in [6.45, 7) is 0. The molecule has 19 heavy (non-hydrogen) atoms. The van der Waals surface area contributed by atoms with Gasteiger partial charge in [0.15, 0.2) is 0 Å². The van der Waals surface area contributed by atoms with Crippen molar-refractivity contribution in [2.45, 2.75) is 12.8 Å². The Morgan fingerprint density at radius 3 is 2.95 bits per heavy atom. The minimum Gasteiger partial charge on any atom is -0.352 e. The molecule has 3 aliphatic rings. The SMILES string of the molecule is O=C1C=CCC2=C1NC1=Cc3ccccc3CC1=C2. The van der Waals surface area contributed by atoms with Crippen LogP contribution in [0.5, 0.6) is 0 Å². The maximum Gasteiger partial charge on any atom is 0.201 e. The molecule has 0 spiro atoms. The zero-order chi connectivity index (χ0) is 12.8. The van der Waals surface area contributed by atoms with Gasteiger partial charge in [0.05, 0.1) is 5.70 Å². The maximum absolute atomic E-state index is 11.9. The lowest BCUT2D eigenvalue weighted by Gasteiger charge is -2.28. The number of hydrogen-bond acceptors (Lipinski definition) is 2. The van der Waals surface area contributed by atoms with E-state index >= 15 is 0 Å². The van der Waals surface area contributed by atoms with Crippen molar-refractivity contribution in [2.24, 2.45) is 0 Å². The molecule has 0 radical (unpaired) electrons. The summed E-state index contributed by atoms with van der Waals surface area (Å²) >= 11 is 0. The highest BCUT2D eigenvalue weighted by atomic mass is 16.1. The normalized spacial score (nSPS) is 19.9. The number of fused-ring (bicyclic) bond motifs is 2. The quantitative estimate of drug-likeness (QED) is 0.763. The fraction of sp³-hybridized carbons (Fsp3) is 0.118. The molecule has 1 aromatic rings. The van der Waals surface area contributed by atoms with Crippen LogP contribution in [-0.4, -0.2) is 5.78 Å². The molecule has 2 heteroatoms.